The number of likely N-dealkylation sites (tertiary alicyclic amines) is 1. The zero-order valence-electron chi connectivity index (χ0n) is 11.9. The second kappa shape index (κ2) is 5.28. The van der Waals surface area contributed by atoms with Crippen LogP contribution in [-0.4, -0.2) is 46.4 Å². The molecule has 1 aliphatic heterocycles. The van der Waals surface area contributed by atoms with E-state index in [2.05, 4.69) is 5.32 Å². The Kier molecular flexibility index (Phi) is 4.35. The molecule has 0 aromatic carbocycles. The lowest BCUT2D eigenvalue weighted by molar-refractivity contribution is -0.151. The van der Waals surface area contributed by atoms with Crippen LogP contribution in [0.4, 0.5) is 0 Å². The van der Waals surface area contributed by atoms with Crippen LogP contribution in [0, 0.1) is 5.41 Å². The van der Waals surface area contributed by atoms with E-state index in [1.165, 1.54) is 4.90 Å². The van der Waals surface area contributed by atoms with Gasteiger partial charge in [-0.05, 0) is 27.7 Å². The van der Waals surface area contributed by atoms with Crippen molar-refractivity contribution in [3.8, 4) is 0 Å². The molecule has 1 heterocycles. The first-order valence-corrected chi connectivity index (χ1v) is 6.41. The Hall–Kier alpha value is -1.43. The van der Waals surface area contributed by atoms with Gasteiger partial charge in [0, 0.05) is 31.5 Å². The molecular formula is C13H22N2O4. The Bertz CT molecular complexity index is 385. The number of nitrogens with zero attached hydrogens (tertiary/aromatic N) is 1. The summed E-state index contributed by atoms with van der Waals surface area (Å²) < 4.78 is 0. The Labute approximate surface area is 113 Å². The van der Waals surface area contributed by atoms with E-state index in [1.807, 2.05) is 0 Å². The van der Waals surface area contributed by atoms with Gasteiger partial charge in [0.05, 0.1) is 5.41 Å². The van der Waals surface area contributed by atoms with E-state index < -0.39 is 16.9 Å². The molecule has 6 heteroatoms. The second-order valence-electron chi connectivity index (χ2n) is 5.92. The number of hydrogen-bond acceptors (Lipinski definition) is 4. The van der Waals surface area contributed by atoms with Gasteiger partial charge in [-0.3, -0.25) is 19.3 Å². The van der Waals surface area contributed by atoms with E-state index in [9.17, 15) is 19.5 Å². The van der Waals surface area contributed by atoms with Gasteiger partial charge in [-0.2, -0.15) is 0 Å². The van der Waals surface area contributed by atoms with E-state index in [-0.39, 0.29) is 31.2 Å². The Balaban J connectivity index is 2.55. The lowest BCUT2D eigenvalue weighted by Crippen LogP contribution is -2.56. The molecule has 2 N–H and O–H groups in total. The molecule has 0 aromatic heterocycles. The largest absolute Gasteiger partial charge is 0.481 e. The van der Waals surface area contributed by atoms with Crippen molar-refractivity contribution in [2.24, 2.45) is 5.41 Å². The van der Waals surface area contributed by atoms with E-state index in [0.29, 0.717) is 6.54 Å². The van der Waals surface area contributed by atoms with Crippen molar-refractivity contribution < 1.29 is 19.5 Å². The van der Waals surface area contributed by atoms with Crippen molar-refractivity contribution in [3.05, 3.63) is 0 Å². The summed E-state index contributed by atoms with van der Waals surface area (Å²) in [5, 5.41) is 12.3. The highest BCUT2D eigenvalue weighted by Gasteiger charge is 2.43. The quantitative estimate of drug-likeness (QED) is 0.691. The number of nitrogens with one attached hydrogen (secondary N) is 1. The predicted molar refractivity (Wildman–Crippen MR) is 69.5 cm³/mol. The van der Waals surface area contributed by atoms with Crippen LogP contribution in [-0.2, 0) is 14.4 Å². The third-order valence-corrected chi connectivity index (χ3v) is 4.15. The number of carbonyl (C=O) groups excluding carboxylic acids is 2. The van der Waals surface area contributed by atoms with Crippen LogP contribution in [0.25, 0.3) is 0 Å². The predicted octanol–water partition coefficient (Wildman–Crippen LogP) is 0.614. The second-order valence-corrected chi connectivity index (χ2v) is 5.92. The van der Waals surface area contributed by atoms with Crippen LogP contribution in [0.3, 0.4) is 0 Å². The number of carboxylic acid groups (broad SMARTS) is 1. The van der Waals surface area contributed by atoms with E-state index >= 15 is 0 Å². The summed E-state index contributed by atoms with van der Waals surface area (Å²) in [5.74, 6) is -1.19. The third-order valence-electron chi connectivity index (χ3n) is 4.15. The molecule has 6 nitrogen and oxygen atoms in total. The minimum Gasteiger partial charge on any atom is -0.481 e. The normalized spacial score (nSPS) is 17.2. The standard InChI is InChI=1S/C13H22N2O4/c1-12(2,11(18)19)13(3,4)14-7-8-15-9(16)5-6-10(15)17/h14H,5-8H2,1-4H3,(H,18,19). The van der Waals surface area contributed by atoms with Gasteiger partial charge in [0.1, 0.15) is 0 Å². The number of amides is 2. The lowest BCUT2D eigenvalue weighted by Gasteiger charge is -2.39. The topological polar surface area (TPSA) is 86.7 Å². The molecule has 19 heavy (non-hydrogen) atoms. The van der Waals surface area contributed by atoms with Crippen molar-refractivity contribution >= 4 is 17.8 Å². The van der Waals surface area contributed by atoms with Crippen molar-refractivity contribution in [2.45, 2.75) is 46.1 Å². The zero-order valence-corrected chi connectivity index (χ0v) is 11.9. The van der Waals surface area contributed by atoms with Crippen LogP contribution >= 0.6 is 0 Å². The van der Waals surface area contributed by atoms with Crippen molar-refractivity contribution in [2.75, 3.05) is 13.1 Å². The highest BCUT2D eigenvalue weighted by molar-refractivity contribution is 6.01. The summed E-state index contributed by atoms with van der Waals surface area (Å²) in [5.41, 5.74) is -1.60. The molecule has 0 aromatic rings. The highest BCUT2D eigenvalue weighted by Crippen LogP contribution is 2.30. The maximum Gasteiger partial charge on any atom is 0.310 e. The Morgan fingerprint density at radius 3 is 2.11 bits per heavy atom. The minimum atomic E-state index is -0.952. The molecular weight excluding hydrogens is 248 g/mol. The number of hydrogen-bond donors (Lipinski definition) is 2. The van der Waals surface area contributed by atoms with Crippen LogP contribution in [0.5, 0.6) is 0 Å². The molecule has 0 aliphatic carbocycles. The summed E-state index contributed by atoms with van der Waals surface area (Å²) in [7, 11) is 0. The van der Waals surface area contributed by atoms with Crippen LogP contribution < -0.4 is 5.32 Å². The minimum absolute atomic E-state index is 0.151. The highest BCUT2D eigenvalue weighted by atomic mass is 16.4. The summed E-state index contributed by atoms with van der Waals surface area (Å²) >= 11 is 0. The number of carboxylic acids is 1. The van der Waals surface area contributed by atoms with Gasteiger partial charge in [0.15, 0.2) is 0 Å². The van der Waals surface area contributed by atoms with Gasteiger partial charge in [0.2, 0.25) is 11.8 Å². The first kappa shape index (κ1) is 15.6. The number of rotatable bonds is 6. The van der Waals surface area contributed by atoms with Gasteiger partial charge in [-0.25, -0.2) is 0 Å². The zero-order chi connectivity index (χ0) is 14.8. The summed E-state index contributed by atoms with van der Waals surface area (Å²) in [6, 6.07) is 0. The summed E-state index contributed by atoms with van der Waals surface area (Å²) in [6.45, 7) is 7.57. The molecule has 1 aliphatic rings. The molecule has 0 saturated carbocycles. The number of aliphatic carboxylic acids is 1. The van der Waals surface area contributed by atoms with Gasteiger partial charge >= 0.3 is 5.97 Å². The Morgan fingerprint density at radius 2 is 1.68 bits per heavy atom. The number of carbonyl (C=O) groups is 3. The van der Waals surface area contributed by atoms with E-state index in [4.69, 9.17) is 0 Å². The molecule has 1 saturated heterocycles. The molecule has 0 atom stereocenters. The van der Waals surface area contributed by atoms with Crippen LogP contribution in [0.2, 0.25) is 0 Å². The number of imide groups is 1. The van der Waals surface area contributed by atoms with Crippen molar-refractivity contribution in [3.63, 3.8) is 0 Å². The van der Waals surface area contributed by atoms with Crippen molar-refractivity contribution in [1.29, 1.82) is 0 Å². The molecule has 0 radical (unpaired) electrons. The maximum atomic E-state index is 11.4. The molecule has 1 rings (SSSR count). The summed E-state index contributed by atoms with van der Waals surface area (Å²) in [6.07, 6.45) is 0.561. The van der Waals surface area contributed by atoms with Gasteiger partial charge < -0.3 is 10.4 Å². The van der Waals surface area contributed by atoms with Gasteiger partial charge in [0.25, 0.3) is 0 Å². The fraction of sp³-hybridized carbons (Fsp3) is 0.769. The molecule has 108 valence electrons. The van der Waals surface area contributed by atoms with Crippen molar-refractivity contribution in [1.82, 2.24) is 10.2 Å². The van der Waals surface area contributed by atoms with Crippen LogP contribution in [0.1, 0.15) is 40.5 Å². The van der Waals surface area contributed by atoms with Gasteiger partial charge in [-0.15, -0.1) is 0 Å². The smallest absolute Gasteiger partial charge is 0.310 e. The fourth-order valence-corrected chi connectivity index (χ4v) is 1.84. The lowest BCUT2D eigenvalue weighted by atomic mass is 9.74. The average molecular weight is 270 g/mol. The molecule has 1 fully saturated rings. The molecule has 0 unspecified atom stereocenters. The van der Waals surface area contributed by atoms with Gasteiger partial charge in [-0.1, -0.05) is 0 Å². The fourth-order valence-electron chi connectivity index (χ4n) is 1.84. The maximum absolute atomic E-state index is 11.4. The first-order chi connectivity index (χ1) is 8.59. The molecule has 0 spiro atoms. The monoisotopic (exact) mass is 270 g/mol. The third kappa shape index (κ3) is 3.12. The summed E-state index contributed by atoms with van der Waals surface area (Å²) in [4.78, 5) is 35.3. The average Bonchev–Trinajstić information content (AvgIpc) is 2.59. The molecule has 2 amide bonds. The van der Waals surface area contributed by atoms with E-state index in [1.54, 1.807) is 27.7 Å². The van der Waals surface area contributed by atoms with E-state index in [0.717, 1.165) is 0 Å². The SMILES string of the molecule is CC(C)(NCCN1C(=O)CCC1=O)C(C)(C)C(=O)O. The van der Waals surface area contributed by atoms with Crippen LogP contribution in [0.15, 0.2) is 0 Å². The molecule has 0 bridgehead atoms. The Morgan fingerprint density at radius 1 is 1.21 bits per heavy atom. The first-order valence-electron chi connectivity index (χ1n) is 6.41.